The zero-order valence-corrected chi connectivity index (χ0v) is 22.1. The smallest absolute Gasteiger partial charge is 0.185 e. The fourth-order valence-electron chi connectivity index (χ4n) is 6.78. The molecule has 0 bridgehead atoms. The van der Waals surface area contributed by atoms with Gasteiger partial charge in [-0.2, -0.15) is 0 Å². The van der Waals surface area contributed by atoms with Crippen molar-refractivity contribution in [3.63, 3.8) is 0 Å². The van der Waals surface area contributed by atoms with Crippen LogP contribution in [-0.4, -0.2) is 27.1 Å². The monoisotopic (exact) mass is 440 g/mol. The molecule has 0 aliphatic heterocycles. The summed E-state index contributed by atoms with van der Waals surface area (Å²) in [5.74, 6) is 6.31. The van der Waals surface area contributed by atoms with Crippen molar-refractivity contribution in [3.05, 3.63) is 29.3 Å². The lowest BCUT2D eigenvalue weighted by Gasteiger charge is -2.54. The minimum absolute atomic E-state index is 0.148. The average Bonchev–Trinajstić information content (AvgIpc) is 2.90. The van der Waals surface area contributed by atoms with E-state index in [9.17, 15) is 5.11 Å². The molecule has 2 nitrogen and oxygen atoms in total. The number of phenols is 1. The molecule has 5 atom stereocenters. The van der Waals surface area contributed by atoms with Crippen LogP contribution in [0.15, 0.2) is 18.2 Å². The summed E-state index contributed by atoms with van der Waals surface area (Å²) in [4.78, 5) is 0. The quantitative estimate of drug-likeness (QED) is 0.408. The van der Waals surface area contributed by atoms with Crippen LogP contribution in [0.3, 0.4) is 0 Å². The summed E-state index contributed by atoms with van der Waals surface area (Å²) in [6.45, 7) is 16.6. The average molecular weight is 441 g/mol. The number of benzene rings is 1. The molecule has 2 saturated carbocycles. The summed E-state index contributed by atoms with van der Waals surface area (Å²) in [5.41, 5.74) is 6.50. The first-order chi connectivity index (χ1) is 13.8. The molecule has 1 aromatic rings. The van der Waals surface area contributed by atoms with Crippen LogP contribution in [0.25, 0.3) is 0 Å². The third kappa shape index (κ3) is 3.83. The van der Waals surface area contributed by atoms with Gasteiger partial charge in [0, 0.05) is 5.41 Å². The van der Waals surface area contributed by atoms with E-state index in [1.165, 1.54) is 36.8 Å². The Morgan fingerprint density at radius 1 is 1.03 bits per heavy atom. The molecule has 0 unspecified atom stereocenters. The maximum Gasteiger partial charge on any atom is 0.185 e. The van der Waals surface area contributed by atoms with E-state index in [0.29, 0.717) is 17.6 Å². The maximum absolute atomic E-state index is 9.95. The fraction of sp³-hybridized carbons (Fsp3) is 0.692. The number of aromatic hydroxyl groups is 1. The molecule has 30 heavy (non-hydrogen) atoms. The lowest BCUT2D eigenvalue weighted by atomic mass is 9.53. The van der Waals surface area contributed by atoms with Crippen molar-refractivity contribution in [2.75, 3.05) is 0 Å². The molecule has 1 N–H and O–H groups in total. The van der Waals surface area contributed by atoms with Crippen LogP contribution in [-0.2, 0) is 10.8 Å². The van der Waals surface area contributed by atoms with Crippen LogP contribution in [0.4, 0.5) is 0 Å². The Hall–Kier alpha value is -1.03. The maximum atomic E-state index is 9.95. The van der Waals surface area contributed by atoms with Gasteiger partial charge in [0.1, 0.15) is 19.4 Å². The van der Waals surface area contributed by atoms with E-state index in [1.54, 1.807) is 0 Å². The van der Waals surface area contributed by atoms with Crippen LogP contribution >= 0.6 is 0 Å². The van der Waals surface area contributed by atoms with Crippen LogP contribution in [0.2, 0.25) is 39.3 Å². The highest BCUT2D eigenvalue weighted by Crippen LogP contribution is 2.65. The van der Waals surface area contributed by atoms with E-state index in [-0.39, 0.29) is 11.0 Å². The molecule has 0 heterocycles. The number of phenolic OH excluding ortho intramolecular Hbond substituents is 1. The molecule has 4 heteroatoms. The Morgan fingerprint density at radius 2 is 1.77 bits per heavy atom. The van der Waals surface area contributed by atoms with E-state index in [0.717, 1.165) is 18.8 Å². The molecule has 4 rings (SSSR count). The van der Waals surface area contributed by atoms with Gasteiger partial charge in [0.05, 0.1) is 0 Å². The molecular weight excluding hydrogens is 400 g/mol. The topological polar surface area (TPSA) is 29.5 Å². The van der Waals surface area contributed by atoms with E-state index in [2.05, 4.69) is 63.7 Å². The summed E-state index contributed by atoms with van der Waals surface area (Å²) in [6.07, 6.45) is 7.11. The highest BCUT2D eigenvalue weighted by molar-refractivity contribution is 6.83. The fourth-order valence-corrected chi connectivity index (χ4v) is 8.79. The van der Waals surface area contributed by atoms with E-state index in [4.69, 9.17) is 4.43 Å². The van der Waals surface area contributed by atoms with Crippen LogP contribution in [0, 0.1) is 28.7 Å². The van der Waals surface area contributed by atoms with Crippen molar-refractivity contribution in [2.45, 2.75) is 96.2 Å². The van der Waals surface area contributed by atoms with Gasteiger partial charge in [-0.1, -0.05) is 38.6 Å². The first kappa shape index (κ1) is 22.2. The van der Waals surface area contributed by atoms with E-state index < -0.39 is 16.4 Å². The Bertz CT molecular complexity index is 885. The number of fused-ring (bicyclic) bond motifs is 5. The van der Waals surface area contributed by atoms with Gasteiger partial charge in [0.25, 0.3) is 0 Å². The summed E-state index contributed by atoms with van der Waals surface area (Å²) in [5, 5.41) is 9.95. The molecule has 0 amide bonds. The minimum atomic E-state index is -1.74. The molecule has 2 fully saturated rings. The van der Waals surface area contributed by atoms with Gasteiger partial charge in [-0.05, 0) is 99.2 Å². The Morgan fingerprint density at radius 3 is 2.43 bits per heavy atom. The zero-order chi connectivity index (χ0) is 21.9. The molecule has 164 valence electrons. The van der Waals surface area contributed by atoms with Gasteiger partial charge in [0.2, 0.25) is 0 Å². The molecule has 1 aromatic carbocycles. The van der Waals surface area contributed by atoms with Crippen LogP contribution in [0.1, 0.15) is 56.1 Å². The second-order valence-corrected chi connectivity index (χ2v) is 21.5. The number of rotatable bonds is 2. The van der Waals surface area contributed by atoms with Crippen LogP contribution < -0.4 is 0 Å². The minimum Gasteiger partial charge on any atom is -0.508 e. The predicted octanol–water partition coefficient (Wildman–Crippen LogP) is 6.72. The predicted molar refractivity (Wildman–Crippen MR) is 131 cm³/mol. The normalized spacial score (nSPS) is 35.6. The highest BCUT2D eigenvalue weighted by atomic mass is 28.4. The third-order valence-corrected chi connectivity index (χ3v) is 9.79. The summed E-state index contributed by atoms with van der Waals surface area (Å²) >= 11 is 0. The summed E-state index contributed by atoms with van der Waals surface area (Å²) < 4.78 is 7.07. The van der Waals surface area contributed by atoms with Gasteiger partial charge in [-0.15, -0.1) is 5.54 Å². The standard InChI is InChI=1S/C26H40O2Si2/c1-25-14-12-22-21-11-9-20(27)18-19(21)8-10-23(22)24(25)13-15-26(25,28-30(5,6)7)16-17-29(2,3)4/h9,11,18,22-24,27H,8,10,12-15H2,1-7H3/t22-,23-,24+,25+,26-/m1/s1. The van der Waals surface area contributed by atoms with Crippen molar-refractivity contribution < 1.29 is 9.53 Å². The largest absolute Gasteiger partial charge is 0.508 e. The Labute approximate surface area is 186 Å². The molecule has 0 spiro atoms. The second-order valence-electron chi connectivity index (χ2n) is 12.3. The Balaban J connectivity index is 1.72. The highest BCUT2D eigenvalue weighted by Gasteiger charge is 2.63. The van der Waals surface area contributed by atoms with Crippen LogP contribution in [0.5, 0.6) is 5.75 Å². The molecular formula is C26H40O2Si2. The zero-order valence-electron chi connectivity index (χ0n) is 20.1. The lowest BCUT2D eigenvalue weighted by molar-refractivity contribution is -0.0538. The van der Waals surface area contributed by atoms with E-state index >= 15 is 0 Å². The molecule has 3 aliphatic rings. The lowest BCUT2D eigenvalue weighted by Crippen LogP contribution is -2.55. The van der Waals surface area contributed by atoms with E-state index in [1.807, 2.05) is 12.1 Å². The summed E-state index contributed by atoms with van der Waals surface area (Å²) in [6, 6.07) is 6.10. The first-order valence-electron chi connectivity index (χ1n) is 11.9. The first-order valence-corrected chi connectivity index (χ1v) is 18.8. The molecule has 3 aliphatic carbocycles. The molecule has 0 aromatic heterocycles. The van der Waals surface area contributed by atoms with Crippen molar-refractivity contribution >= 4 is 16.4 Å². The summed E-state index contributed by atoms with van der Waals surface area (Å²) in [7, 11) is -3.21. The van der Waals surface area contributed by atoms with Gasteiger partial charge >= 0.3 is 0 Å². The molecule has 0 radical (unpaired) electrons. The van der Waals surface area contributed by atoms with Crippen molar-refractivity contribution in [1.82, 2.24) is 0 Å². The van der Waals surface area contributed by atoms with Gasteiger partial charge in [0.15, 0.2) is 8.32 Å². The van der Waals surface area contributed by atoms with Crippen molar-refractivity contribution in [2.24, 2.45) is 17.3 Å². The van der Waals surface area contributed by atoms with Gasteiger partial charge in [-0.3, -0.25) is 0 Å². The molecule has 0 saturated heterocycles. The Kier molecular flexibility index (Phi) is 5.36. The SMILES string of the molecule is C[C@]12CC[C@@H]3c4ccc(O)cc4CC[C@H]3[C@@H]1CC[C@]2(C#C[Si](C)(C)C)O[Si](C)(C)C. The second kappa shape index (κ2) is 7.25. The number of aryl methyl sites for hydroxylation is 1. The number of hydrogen-bond acceptors (Lipinski definition) is 2. The van der Waals surface area contributed by atoms with Crippen molar-refractivity contribution in [1.29, 1.82) is 0 Å². The van der Waals surface area contributed by atoms with Gasteiger partial charge < -0.3 is 9.53 Å². The van der Waals surface area contributed by atoms with Gasteiger partial charge in [-0.25, -0.2) is 0 Å². The number of hydrogen-bond donors (Lipinski definition) is 1. The third-order valence-electron chi connectivity index (χ3n) is 7.95. The van der Waals surface area contributed by atoms with Crippen molar-refractivity contribution in [3.8, 4) is 17.2 Å².